The molecule has 25 heavy (non-hydrogen) atoms. The minimum atomic E-state index is -0.373. The molecule has 1 aliphatic heterocycles. The fraction of sp³-hybridized carbons (Fsp3) is 0.167. The van der Waals surface area contributed by atoms with Gasteiger partial charge in [0, 0.05) is 5.56 Å². The van der Waals surface area contributed by atoms with Gasteiger partial charge < -0.3 is 15.2 Å². The number of amidine groups is 1. The lowest BCUT2D eigenvalue weighted by Crippen LogP contribution is -2.21. The molecule has 0 spiro atoms. The third kappa shape index (κ3) is 4.01. The Labute approximate surface area is 145 Å². The van der Waals surface area contributed by atoms with Gasteiger partial charge in [0.05, 0.1) is 18.9 Å². The molecule has 0 aromatic heterocycles. The van der Waals surface area contributed by atoms with E-state index in [1.165, 1.54) is 0 Å². The number of anilines is 1. The highest BCUT2D eigenvalue weighted by Gasteiger charge is 2.17. The van der Waals surface area contributed by atoms with Crippen LogP contribution in [-0.4, -0.2) is 24.8 Å². The summed E-state index contributed by atoms with van der Waals surface area (Å²) in [6, 6.07) is 17.3. The van der Waals surface area contributed by atoms with Crippen LogP contribution >= 0.6 is 0 Å². The van der Waals surface area contributed by atoms with Crippen molar-refractivity contribution in [1.29, 1.82) is 10.7 Å². The lowest BCUT2D eigenvalue weighted by molar-refractivity contribution is -0.0441. The lowest BCUT2D eigenvalue weighted by atomic mass is 10.0. The first-order chi connectivity index (χ1) is 12.2. The molecule has 1 saturated heterocycles. The summed E-state index contributed by atoms with van der Waals surface area (Å²) in [4.78, 5) is 0. The third-order valence-corrected chi connectivity index (χ3v) is 3.68. The molecule has 0 aliphatic carbocycles. The minimum absolute atomic E-state index is 0.156. The van der Waals surface area contributed by atoms with Crippen LogP contribution in [-0.2, 0) is 9.47 Å². The number of hydrogen-bond acceptors (Lipinski definition) is 6. The van der Waals surface area contributed by atoms with Gasteiger partial charge in [-0.3, -0.25) is 10.8 Å². The highest BCUT2D eigenvalue weighted by atomic mass is 16.7. The number of hydrazone groups is 1. The standard InChI is InChI=1S/C18H17N5O2/c19-11-16(17(20)21)23-22-15-7-5-13(6-8-15)12-1-3-14(4-2-12)18-24-9-10-25-18/h1-8,18,22H,9-10H2,(H3,20,21)/b23-16+. The monoisotopic (exact) mass is 335 g/mol. The highest BCUT2D eigenvalue weighted by molar-refractivity contribution is 6.45. The van der Waals surface area contributed by atoms with E-state index < -0.39 is 0 Å². The van der Waals surface area contributed by atoms with Crippen molar-refractivity contribution >= 4 is 17.2 Å². The average Bonchev–Trinajstić information content (AvgIpc) is 3.17. The average molecular weight is 335 g/mol. The van der Waals surface area contributed by atoms with E-state index in [0.717, 1.165) is 16.7 Å². The fourth-order valence-corrected chi connectivity index (χ4v) is 2.39. The van der Waals surface area contributed by atoms with E-state index in [9.17, 15) is 0 Å². The van der Waals surface area contributed by atoms with E-state index >= 15 is 0 Å². The first-order valence-electron chi connectivity index (χ1n) is 7.69. The van der Waals surface area contributed by atoms with Gasteiger partial charge in [0.25, 0.3) is 0 Å². The van der Waals surface area contributed by atoms with E-state index in [-0.39, 0.29) is 17.8 Å². The summed E-state index contributed by atoms with van der Waals surface area (Å²) in [5, 5.41) is 19.8. The molecule has 1 heterocycles. The number of ether oxygens (including phenoxy) is 2. The largest absolute Gasteiger partial charge is 0.382 e. The Balaban J connectivity index is 1.70. The number of nitrogens with zero attached hydrogens (tertiary/aromatic N) is 2. The van der Waals surface area contributed by atoms with E-state index in [0.29, 0.717) is 18.9 Å². The van der Waals surface area contributed by atoms with Crippen molar-refractivity contribution in [3.8, 4) is 17.2 Å². The maximum atomic E-state index is 8.81. The van der Waals surface area contributed by atoms with Gasteiger partial charge in [-0.05, 0) is 23.3 Å². The molecule has 7 nitrogen and oxygen atoms in total. The molecule has 0 radical (unpaired) electrons. The predicted octanol–water partition coefficient (Wildman–Crippen LogP) is 2.63. The molecule has 0 unspecified atom stereocenters. The second-order valence-corrected chi connectivity index (χ2v) is 5.37. The van der Waals surface area contributed by atoms with Crippen LogP contribution in [0.2, 0.25) is 0 Å². The van der Waals surface area contributed by atoms with E-state index in [1.807, 2.05) is 48.5 Å². The zero-order valence-electron chi connectivity index (χ0n) is 13.4. The fourth-order valence-electron chi connectivity index (χ4n) is 2.39. The molecule has 1 fully saturated rings. The predicted molar refractivity (Wildman–Crippen MR) is 95.1 cm³/mol. The van der Waals surface area contributed by atoms with Crippen molar-refractivity contribution in [3.63, 3.8) is 0 Å². The number of nitrogens with one attached hydrogen (secondary N) is 2. The van der Waals surface area contributed by atoms with E-state index in [4.69, 9.17) is 25.9 Å². The Morgan fingerprint density at radius 3 is 2.16 bits per heavy atom. The number of hydrogen-bond donors (Lipinski definition) is 3. The van der Waals surface area contributed by atoms with Crippen molar-refractivity contribution in [2.24, 2.45) is 10.8 Å². The smallest absolute Gasteiger partial charge is 0.201 e. The van der Waals surface area contributed by atoms with Crippen LogP contribution in [0.25, 0.3) is 11.1 Å². The maximum absolute atomic E-state index is 8.81. The van der Waals surface area contributed by atoms with Crippen molar-refractivity contribution in [1.82, 2.24) is 0 Å². The zero-order valence-corrected chi connectivity index (χ0v) is 13.4. The van der Waals surface area contributed by atoms with E-state index in [1.54, 1.807) is 6.07 Å². The molecule has 3 rings (SSSR count). The molecule has 2 aromatic carbocycles. The number of nitriles is 1. The Morgan fingerprint density at radius 1 is 1.08 bits per heavy atom. The van der Waals surface area contributed by atoms with Gasteiger partial charge >= 0.3 is 0 Å². The summed E-state index contributed by atoms with van der Waals surface area (Å²) >= 11 is 0. The molecule has 1 aliphatic rings. The third-order valence-electron chi connectivity index (χ3n) is 3.68. The van der Waals surface area contributed by atoms with Crippen LogP contribution in [0.15, 0.2) is 53.6 Å². The van der Waals surface area contributed by atoms with Crippen LogP contribution in [0.4, 0.5) is 5.69 Å². The van der Waals surface area contributed by atoms with Crippen molar-refractivity contribution in [3.05, 3.63) is 54.1 Å². The topological polar surface area (TPSA) is 117 Å². The molecule has 2 aromatic rings. The highest BCUT2D eigenvalue weighted by Crippen LogP contribution is 2.27. The minimum Gasteiger partial charge on any atom is -0.382 e. The zero-order chi connectivity index (χ0) is 17.6. The number of rotatable bonds is 5. The van der Waals surface area contributed by atoms with Crippen LogP contribution in [0.3, 0.4) is 0 Å². The maximum Gasteiger partial charge on any atom is 0.201 e. The molecule has 4 N–H and O–H groups in total. The van der Waals surface area contributed by atoms with Crippen molar-refractivity contribution in [2.75, 3.05) is 18.6 Å². The quantitative estimate of drug-likeness (QED) is 0.441. The van der Waals surface area contributed by atoms with Crippen LogP contribution in [0, 0.1) is 16.7 Å². The Hall–Kier alpha value is -3.21. The first-order valence-corrected chi connectivity index (χ1v) is 7.69. The summed E-state index contributed by atoms with van der Waals surface area (Å²) in [7, 11) is 0. The molecule has 0 bridgehead atoms. The van der Waals surface area contributed by atoms with Crippen LogP contribution in [0.1, 0.15) is 11.9 Å². The molecule has 0 amide bonds. The Bertz CT molecular complexity index is 816. The summed E-state index contributed by atoms with van der Waals surface area (Å²) < 4.78 is 11.0. The molecule has 0 atom stereocenters. The first kappa shape index (κ1) is 16.6. The van der Waals surface area contributed by atoms with Gasteiger partial charge in [0.15, 0.2) is 12.1 Å². The second kappa shape index (κ2) is 7.57. The molecule has 0 saturated carbocycles. The second-order valence-electron chi connectivity index (χ2n) is 5.37. The summed E-state index contributed by atoms with van der Waals surface area (Å²) in [5.74, 6) is -0.373. The van der Waals surface area contributed by atoms with Crippen LogP contribution in [0.5, 0.6) is 0 Å². The normalized spacial score (nSPS) is 14.9. The van der Waals surface area contributed by atoms with Crippen LogP contribution < -0.4 is 11.2 Å². The lowest BCUT2D eigenvalue weighted by Gasteiger charge is -2.10. The number of nitrogens with two attached hydrogens (primary N) is 1. The number of benzene rings is 2. The summed E-state index contributed by atoms with van der Waals surface area (Å²) in [5.41, 5.74) is 11.6. The molecule has 126 valence electrons. The van der Waals surface area contributed by atoms with Gasteiger partial charge in [-0.1, -0.05) is 36.4 Å². The Morgan fingerprint density at radius 2 is 1.64 bits per heavy atom. The van der Waals surface area contributed by atoms with Gasteiger partial charge in [-0.15, -0.1) is 0 Å². The van der Waals surface area contributed by atoms with Gasteiger partial charge in [0.2, 0.25) is 5.71 Å². The molecule has 7 heteroatoms. The Kier molecular flexibility index (Phi) is 5.04. The SMILES string of the molecule is N#C/C(=N\Nc1ccc(-c2ccc(C3OCCO3)cc2)cc1)C(=N)N. The summed E-state index contributed by atoms with van der Waals surface area (Å²) in [6.45, 7) is 1.25. The summed E-state index contributed by atoms with van der Waals surface area (Å²) in [6.07, 6.45) is -0.269. The van der Waals surface area contributed by atoms with Crippen molar-refractivity contribution in [2.45, 2.75) is 6.29 Å². The van der Waals surface area contributed by atoms with E-state index in [2.05, 4.69) is 10.5 Å². The molecular weight excluding hydrogens is 318 g/mol. The molecular formula is C18H17N5O2. The van der Waals surface area contributed by atoms with Gasteiger partial charge in [-0.25, -0.2) is 0 Å². The van der Waals surface area contributed by atoms with Gasteiger partial charge in [-0.2, -0.15) is 10.4 Å². The van der Waals surface area contributed by atoms with Crippen molar-refractivity contribution < 1.29 is 9.47 Å². The van der Waals surface area contributed by atoms with Gasteiger partial charge in [0.1, 0.15) is 6.07 Å².